The van der Waals surface area contributed by atoms with E-state index in [4.69, 9.17) is 21.5 Å². The highest BCUT2D eigenvalue weighted by Gasteiger charge is 2.25. The molecular formula is C20H22ClN3O6S2. The largest absolute Gasteiger partial charge is 0.481 e. The molecule has 0 aliphatic heterocycles. The zero-order chi connectivity index (χ0) is 23.6. The van der Waals surface area contributed by atoms with Gasteiger partial charge in [0.2, 0.25) is 10.0 Å². The molecule has 0 aliphatic carbocycles. The van der Waals surface area contributed by atoms with Crippen molar-refractivity contribution in [1.82, 2.24) is 15.5 Å². The Kier molecular flexibility index (Phi) is 9.96. The van der Waals surface area contributed by atoms with Gasteiger partial charge in [-0.1, -0.05) is 17.5 Å². The molecule has 32 heavy (non-hydrogen) atoms. The van der Waals surface area contributed by atoms with E-state index < -0.39 is 22.0 Å². The summed E-state index contributed by atoms with van der Waals surface area (Å²) in [4.78, 5) is 24.3. The van der Waals surface area contributed by atoms with Gasteiger partial charge in [0.15, 0.2) is 0 Å². The van der Waals surface area contributed by atoms with Crippen LogP contribution >= 0.6 is 22.9 Å². The first-order valence-electron chi connectivity index (χ1n) is 9.38. The van der Waals surface area contributed by atoms with Gasteiger partial charge >= 0.3 is 0 Å². The van der Waals surface area contributed by atoms with E-state index in [1.54, 1.807) is 18.4 Å². The van der Waals surface area contributed by atoms with Crippen molar-refractivity contribution < 1.29 is 28.0 Å². The quantitative estimate of drug-likeness (QED) is 0.162. The number of ether oxygens (including phenoxy) is 1. The standard InChI is InChI=1S/C20H22ClN3O6S2/c1-2-3-12-30-14-6-8-15(9-7-14)32(28,29)24-17(19(25)23-27)5-4-11-22-20(26)18-16(21)10-13-31-18/h6-10,13,17,24,27H,4-5,11-12H2,1H3,(H,22,26)(H,23,25). The van der Waals surface area contributed by atoms with E-state index in [9.17, 15) is 18.0 Å². The summed E-state index contributed by atoms with van der Waals surface area (Å²) in [7, 11) is -4.06. The third-order valence-corrected chi connectivity index (χ3v) is 6.95. The van der Waals surface area contributed by atoms with Gasteiger partial charge < -0.3 is 10.1 Å². The van der Waals surface area contributed by atoms with E-state index in [0.29, 0.717) is 15.6 Å². The Morgan fingerprint density at radius 3 is 2.56 bits per heavy atom. The number of rotatable bonds is 11. The lowest BCUT2D eigenvalue weighted by Gasteiger charge is -2.17. The molecule has 1 heterocycles. The molecule has 2 aromatic rings. The van der Waals surface area contributed by atoms with E-state index in [0.717, 1.165) is 0 Å². The van der Waals surface area contributed by atoms with Crippen LogP contribution in [-0.2, 0) is 14.8 Å². The molecule has 1 unspecified atom stereocenters. The normalized spacial score (nSPS) is 11.7. The van der Waals surface area contributed by atoms with Crippen molar-refractivity contribution in [1.29, 1.82) is 0 Å². The fraction of sp³-hybridized carbons (Fsp3) is 0.300. The highest BCUT2D eigenvalue weighted by Crippen LogP contribution is 2.21. The maximum Gasteiger partial charge on any atom is 0.262 e. The minimum Gasteiger partial charge on any atom is -0.481 e. The molecule has 12 heteroatoms. The summed E-state index contributed by atoms with van der Waals surface area (Å²) in [5.41, 5.74) is 1.45. The summed E-state index contributed by atoms with van der Waals surface area (Å²) in [5.74, 6) is 4.57. The smallest absolute Gasteiger partial charge is 0.262 e. The Hall–Kier alpha value is -2.62. The first-order chi connectivity index (χ1) is 15.3. The fourth-order valence-corrected chi connectivity index (χ4v) is 4.81. The lowest BCUT2D eigenvalue weighted by molar-refractivity contribution is -0.131. The first kappa shape index (κ1) is 25.6. The molecule has 0 spiro atoms. The average Bonchev–Trinajstić information content (AvgIpc) is 3.21. The monoisotopic (exact) mass is 499 g/mol. The van der Waals surface area contributed by atoms with E-state index in [-0.39, 0.29) is 36.8 Å². The van der Waals surface area contributed by atoms with Crippen LogP contribution in [0.2, 0.25) is 5.02 Å². The summed E-state index contributed by atoms with van der Waals surface area (Å²) in [5, 5.41) is 13.6. The predicted octanol–water partition coefficient (Wildman–Crippen LogP) is 2.17. The van der Waals surface area contributed by atoms with Crippen molar-refractivity contribution in [3.8, 4) is 17.6 Å². The topological polar surface area (TPSA) is 134 Å². The third-order valence-electron chi connectivity index (χ3n) is 4.12. The molecular weight excluding hydrogens is 478 g/mol. The van der Waals surface area contributed by atoms with Crippen molar-refractivity contribution >= 4 is 44.8 Å². The van der Waals surface area contributed by atoms with E-state index in [2.05, 4.69) is 21.9 Å². The van der Waals surface area contributed by atoms with Crippen LogP contribution in [-0.4, -0.2) is 44.6 Å². The Labute approximate surface area is 195 Å². The van der Waals surface area contributed by atoms with Crippen LogP contribution < -0.4 is 20.3 Å². The van der Waals surface area contributed by atoms with Gasteiger partial charge in [-0.2, -0.15) is 4.72 Å². The maximum absolute atomic E-state index is 12.6. The van der Waals surface area contributed by atoms with E-state index >= 15 is 0 Å². The molecule has 2 rings (SSSR count). The molecule has 172 valence electrons. The molecule has 1 aromatic carbocycles. The number of thiophene rings is 1. The van der Waals surface area contributed by atoms with Crippen molar-refractivity contribution in [3.05, 3.63) is 45.6 Å². The van der Waals surface area contributed by atoms with Crippen LogP contribution in [0, 0.1) is 11.8 Å². The molecule has 1 atom stereocenters. The van der Waals surface area contributed by atoms with Gasteiger partial charge in [-0.3, -0.25) is 14.8 Å². The Balaban J connectivity index is 1.95. The molecule has 0 saturated heterocycles. The van der Waals surface area contributed by atoms with Crippen LogP contribution in [0.1, 0.15) is 29.4 Å². The van der Waals surface area contributed by atoms with Gasteiger partial charge in [-0.05, 0) is 55.5 Å². The minimum atomic E-state index is -4.06. The first-order valence-corrected chi connectivity index (χ1v) is 12.1. The molecule has 1 aromatic heterocycles. The number of hydrogen-bond donors (Lipinski definition) is 4. The van der Waals surface area contributed by atoms with Crippen molar-refractivity contribution in [3.63, 3.8) is 0 Å². The van der Waals surface area contributed by atoms with Crippen molar-refractivity contribution in [2.75, 3.05) is 13.2 Å². The number of carbonyl (C=O) groups is 2. The summed E-state index contributed by atoms with van der Waals surface area (Å²) < 4.78 is 32.9. The average molecular weight is 500 g/mol. The molecule has 2 amide bonds. The second-order valence-corrected chi connectivity index (χ2v) is 9.37. The van der Waals surface area contributed by atoms with Crippen LogP contribution in [0.3, 0.4) is 0 Å². The Bertz CT molecular complexity index is 1090. The number of hydroxylamine groups is 1. The maximum atomic E-state index is 12.6. The van der Waals surface area contributed by atoms with Gasteiger partial charge in [0.25, 0.3) is 11.8 Å². The summed E-state index contributed by atoms with van der Waals surface area (Å²) in [6.07, 6.45) is 0.293. The van der Waals surface area contributed by atoms with Crippen molar-refractivity contribution in [2.45, 2.75) is 30.7 Å². The Morgan fingerprint density at radius 1 is 1.25 bits per heavy atom. The van der Waals surface area contributed by atoms with Gasteiger partial charge in [0.1, 0.15) is 23.3 Å². The van der Waals surface area contributed by atoms with Crippen molar-refractivity contribution in [2.24, 2.45) is 0 Å². The highest BCUT2D eigenvalue weighted by atomic mass is 35.5. The van der Waals surface area contributed by atoms with Gasteiger partial charge in [-0.25, -0.2) is 13.9 Å². The van der Waals surface area contributed by atoms with Crippen LogP contribution in [0.25, 0.3) is 0 Å². The van der Waals surface area contributed by atoms with Gasteiger partial charge in [-0.15, -0.1) is 17.3 Å². The number of sulfonamides is 1. The number of carbonyl (C=O) groups excluding carboxylic acids is 2. The van der Waals surface area contributed by atoms with Crippen LogP contribution in [0.5, 0.6) is 5.75 Å². The third kappa shape index (κ3) is 7.51. The lowest BCUT2D eigenvalue weighted by atomic mass is 10.1. The number of amides is 2. The summed E-state index contributed by atoms with van der Waals surface area (Å²) in [6, 6.07) is 5.96. The van der Waals surface area contributed by atoms with Gasteiger partial charge in [0, 0.05) is 6.54 Å². The van der Waals surface area contributed by atoms with Crippen LogP contribution in [0.15, 0.2) is 40.6 Å². The number of halogens is 1. The summed E-state index contributed by atoms with van der Waals surface area (Å²) >= 11 is 7.10. The summed E-state index contributed by atoms with van der Waals surface area (Å²) in [6.45, 7) is 2.03. The van der Waals surface area contributed by atoms with E-state index in [1.807, 2.05) is 0 Å². The zero-order valence-corrected chi connectivity index (χ0v) is 19.4. The second kappa shape index (κ2) is 12.4. The zero-order valence-electron chi connectivity index (χ0n) is 17.1. The SMILES string of the molecule is CC#CCOc1ccc(S(=O)(=O)NC(CCCNC(=O)c2sccc2Cl)C(=O)NO)cc1. The highest BCUT2D eigenvalue weighted by molar-refractivity contribution is 7.89. The molecule has 4 N–H and O–H groups in total. The van der Waals surface area contributed by atoms with Gasteiger partial charge in [0.05, 0.1) is 9.92 Å². The molecule has 0 saturated carbocycles. The lowest BCUT2D eigenvalue weighted by Crippen LogP contribution is -2.46. The molecule has 0 aliphatic rings. The van der Waals surface area contributed by atoms with Crippen LogP contribution in [0.4, 0.5) is 0 Å². The fourth-order valence-electron chi connectivity index (χ4n) is 2.53. The Morgan fingerprint density at radius 2 is 1.97 bits per heavy atom. The molecule has 0 radical (unpaired) electrons. The predicted molar refractivity (Wildman–Crippen MR) is 120 cm³/mol. The molecule has 0 bridgehead atoms. The molecule has 9 nitrogen and oxygen atoms in total. The second-order valence-electron chi connectivity index (χ2n) is 6.33. The number of nitrogens with one attached hydrogen (secondary N) is 3. The van der Waals surface area contributed by atoms with E-state index in [1.165, 1.54) is 41.1 Å². The number of hydrogen-bond acceptors (Lipinski definition) is 7. The number of benzene rings is 1. The minimum absolute atomic E-state index is 0.0287. The molecule has 0 fully saturated rings.